The molecule has 0 atom stereocenters. The van der Waals surface area contributed by atoms with E-state index in [9.17, 15) is 0 Å². The molecule has 3 nitrogen and oxygen atoms in total. The first kappa shape index (κ1) is 9.71. The van der Waals surface area contributed by atoms with Gasteiger partial charge < -0.3 is 9.15 Å². The Morgan fingerprint density at radius 3 is 2.64 bits per heavy atom. The predicted molar refractivity (Wildman–Crippen MR) is 53.4 cm³/mol. The molecule has 1 aliphatic rings. The Morgan fingerprint density at radius 1 is 1.36 bits per heavy atom. The Balaban J connectivity index is 2.07. The maximum atomic E-state index is 5.43. The van der Waals surface area contributed by atoms with Crippen LogP contribution in [0.4, 0.5) is 0 Å². The first-order valence-corrected chi connectivity index (χ1v) is 5.30. The third-order valence-electron chi connectivity index (χ3n) is 2.67. The van der Waals surface area contributed by atoms with Crippen molar-refractivity contribution in [1.29, 1.82) is 0 Å². The summed E-state index contributed by atoms with van der Waals surface area (Å²) in [6.07, 6.45) is 3.96. The van der Waals surface area contributed by atoms with Crippen LogP contribution >= 0.6 is 0 Å². The number of aromatic nitrogens is 1. The van der Waals surface area contributed by atoms with Gasteiger partial charge in [-0.2, -0.15) is 0 Å². The quantitative estimate of drug-likeness (QED) is 0.727. The zero-order chi connectivity index (χ0) is 9.97. The number of hydrogen-bond donors (Lipinski definition) is 0. The lowest BCUT2D eigenvalue weighted by molar-refractivity contribution is 0.0845. The van der Waals surface area contributed by atoms with Gasteiger partial charge in [-0.05, 0) is 12.8 Å². The van der Waals surface area contributed by atoms with E-state index in [2.05, 4.69) is 18.8 Å². The van der Waals surface area contributed by atoms with Crippen LogP contribution in [0.3, 0.4) is 0 Å². The van der Waals surface area contributed by atoms with Gasteiger partial charge in [-0.15, -0.1) is 0 Å². The number of nitrogens with zero attached hydrogens (tertiary/aromatic N) is 1. The van der Waals surface area contributed by atoms with Crippen molar-refractivity contribution >= 4 is 0 Å². The summed E-state index contributed by atoms with van der Waals surface area (Å²) in [7, 11) is 0. The Labute approximate surface area is 84.5 Å². The van der Waals surface area contributed by atoms with Crippen LogP contribution in [0.1, 0.15) is 50.1 Å². The molecule has 1 aromatic heterocycles. The summed E-state index contributed by atoms with van der Waals surface area (Å²) in [5, 5.41) is 0. The minimum Gasteiger partial charge on any atom is -0.448 e. The molecule has 0 unspecified atom stereocenters. The van der Waals surface area contributed by atoms with E-state index in [0.717, 1.165) is 37.6 Å². The molecule has 1 saturated heterocycles. The van der Waals surface area contributed by atoms with Crippen molar-refractivity contribution in [3.8, 4) is 0 Å². The summed E-state index contributed by atoms with van der Waals surface area (Å²) in [6.45, 7) is 5.91. The van der Waals surface area contributed by atoms with Crippen molar-refractivity contribution in [3.05, 3.63) is 17.8 Å². The zero-order valence-corrected chi connectivity index (χ0v) is 8.82. The van der Waals surface area contributed by atoms with Crippen molar-refractivity contribution in [2.45, 2.75) is 38.5 Å². The predicted octanol–water partition coefficient (Wildman–Crippen LogP) is 2.69. The van der Waals surface area contributed by atoms with E-state index in [1.807, 2.05) is 6.26 Å². The van der Waals surface area contributed by atoms with Crippen molar-refractivity contribution in [2.24, 2.45) is 0 Å². The monoisotopic (exact) mass is 195 g/mol. The summed E-state index contributed by atoms with van der Waals surface area (Å²) in [6, 6.07) is 0. The highest BCUT2D eigenvalue weighted by atomic mass is 16.5. The molecule has 3 heteroatoms. The second kappa shape index (κ2) is 4.13. The van der Waals surface area contributed by atoms with E-state index in [4.69, 9.17) is 9.15 Å². The van der Waals surface area contributed by atoms with Crippen molar-refractivity contribution in [1.82, 2.24) is 4.98 Å². The van der Waals surface area contributed by atoms with Gasteiger partial charge in [0, 0.05) is 25.0 Å². The molecule has 1 fully saturated rings. The van der Waals surface area contributed by atoms with Crippen molar-refractivity contribution in [2.75, 3.05) is 13.2 Å². The van der Waals surface area contributed by atoms with Crippen LogP contribution in [0.2, 0.25) is 0 Å². The normalized spacial score (nSPS) is 19.1. The van der Waals surface area contributed by atoms with Gasteiger partial charge in [0.05, 0.1) is 5.69 Å². The first-order valence-electron chi connectivity index (χ1n) is 5.30. The van der Waals surface area contributed by atoms with Gasteiger partial charge in [-0.25, -0.2) is 4.98 Å². The van der Waals surface area contributed by atoms with Crippen LogP contribution in [0.25, 0.3) is 0 Å². The molecule has 0 amide bonds. The maximum absolute atomic E-state index is 5.43. The van der Waals surface area contributed by atoms with Crippen LogP contribution in [-0.2, 0) is 4.74 Å². The summed E-state index contributed by atoms with van der Waals surface area (Å²) in [5.74, 6) is 1.77. The summed E-state index contributed by atoms with van der Waals surface area (Å²) in [5.41, 5.74) is 1.11. The standard InChI is InChI=1S/C11H17NO2/c1-8(2)11-12-10(7-14-11)9-3-5-13-6-4-9/h7-9H,3-6H2,1-2H3. The summed E-state index contributed by atoms with van der Waals surface area (Å²) < 4.78 is 10.7. The van der Waals surface area contributed by atoms with E-state index in [1.54, 1.807) is 0 Å². The SMILES string of the molecule is CC(C)c1nc(C2CCOCC2)co1. The second-order valence-corrected chi connectivity index (χ2v) is 4.15. The Bertz CT molecular complexity index is 287. The minimum absolute atomic E-state index is 0.378. The topological polar surface area (TPSA) is 35.3 Å². The zero-order valence-electron chi connectivity index (χ0n) is 8.82. The molecular weight excluding hydrogens is 178 g/mol. The molecule has 2 heterocycles. The molecule has 0 aliphatic carbocycles. The molecule has 0 spiro atoms. The Hall–Kier alpha value is -0.830. The van der Waals surface area contributed by atoms with E-state index < -0.39 is 0 Å². The third kappa shape index (κ3) is 1.98. The molecule has 0 saturated carbocycles. The smallest absolute Gasteiger partial charge is 0.196 e. The van der Waals surface area contributed by atoms with Gasteiger partial charge in [-0.3, -0.25) is 0 Å². The van der Waals surface area contributed by atoms with E-state index in [1.165, 1.54) is 0 Å². The van der Waals surface area contributed by atoms with E-state index >= 15 is 0 Å². The van der Waals surface area contributed by atoms with Crippen LogP contribution in [0.5, 0.6) is 0 Å². The van der Waals surface area contributed by atoms with Crippen LogP contribution in [0.15, 0.2) is 10.7 Å². The number of hydrogen-bond acceptors (Lipinski definition) is 3. The van der Waals surface area contributed by atoms with Crippen molar-refractivity contribution in [3.63, 3.8) is 0 Å². The lowest BCUT2D eigenvalue weighted by Crippen LogP contribution is -2.14. The number of rotatable bonds is 2. The molecule has 1 aliphatic heterocycles. The molecular formula is C11H17NO2. The largest absolute Gasteiger partial charge is 0.448 e. The van der Waals surface area contributed by atoms with Crippen LogP contribution < -0.4 is 0 Å². The average Bonchev–Trinajstić information content (AvgIpc) is 2.68. The third-order valence-corrected chi connectivity index (χ3v) is 2.67. The molecule has 78 valence electrons. The van der Waals surface area contributed by atoms with Gasteiger partial charge in [0.15, 0.2) is 5.89 Å². The van der Waals surface area contributed by atoms with Gasteiger partial charge >= 0.3 is 0 Å². The highest BCUT2D eigenvalue weighted by Gasteiger charge is 2.20. The highest BCUT2D eigenvalue weighted by Crippen LogP contribution is 2.27. The summed E-state index contributed by atoms with van der Waals surface area (Å²) in [4.78, 5) is 4.51. The molecule has 0 aromatic carbocycles. The molecule has 2 rings (SSSR count). The van der Waals surface area contributed by atoms with Gasteiger partial charge in [0.2, 0.25) is 0 Å². The fourth-order valence-electron chi connectivity index (χ4n) is 1.75. The fourth-order valence-corrected chi connectivity index (χ4v) is 1.75. The molecule has 1 aromatic rings. The van der Waals surface area contributed by atoms with Crippen molar-refractivity contribution < 1.29 is 9.15 Å². The maximum Gasteiger partial charge on any atom is 0.196 e. The van der Waals surface area contributed by atoms with Crippen LogP contribution in [-0.4, -0.2) is 18.2 Å². The lowest BCUT2D eigenvalue weighted by Gasteiger charge is -2.19. The Morgan fingerprint density at radius 2 is 2.07 bits per heavy atom. The average molecular weight is 195 g/mol. The van der Waals surface area contributed by atoms with Gasteiger partial charge in [0.1, 0.15) is 6.26 Å². The first-order chi connectivity index (χ1) is 6.77. The Kier molecular flexibility index (Phi) is 2.87. The van der Waals surface area contributed by atoms with Crippen LogP contribution in [0, 0.1) is 0 Å². The molecule has 0 radical (unpaired) electrons. The molecule has 0 bridgehead atoms. The van der Waals surface area contributed by atoms with Gasteiger partial charge in [0.25, 0.3) is 0 Å². The van der Waals surface area contributed by atoms with E-state index in [-0.39, 0.29) is 0 Å². The minimum atomic E-state index is 0.378. The summed E-state index contributed by atoms with van der Waals surface area (Å²) >= 11 is 0. The molecule has 0 N–H and O–H groups in total. The molecule has 14 heavy (non-hydrogen) atoms. The lowest BCUT2D eigenvalue weighted by atomic mass is 9.97. The number of ether oxygens (including phenoxy) is 1. The fraction of sp³-hybridized carbons (Fsp3) is 0.727. The van der Waals surface area contributed by atoms with Gasteiger partial charge in [-0.1, -0.05) is 13.8 Å². The number of oxazole rings is 1. The second-order valence-electron chi connectivity index (χ2n) is 4.15. The van der Waals surface area contributed by atoms with E-state index in [0.29, 0.717) is 11.8 Å². The highest BCUT2D eigenvalue weighted by molar-refractivity contribution is 5.06.